The average Bonchev–Trinajstić information content (AvgIpc) is 3.46. The molecule has 2 aliphatic rings. The van der Waals surface area contributed by atoms with Crippen LogP contribution in [0.25, 0.3) is 11.0 Å². The molecule has 3 aromatic rings. The van der Waals surface area contributed by atoms with Crippen LogP contribution in [0.4, 0.5) is 10.1 Å². The van der Waals surface area contributed by atoms with Gasteiger partial charge in [0.25, 0.3) is 5.56 Å². The van der Waals surface area contributed by atoms with Crippen molar-refractivity contribution < 1.29 is 9.18 Å². The van der Waals surface area contributed by atoms with E-state index in [-0.39, 0.29) is 35.4 Å². The molecule has 0 atom stereocenters. The molecule has 2 aromatic heterocycles. The standard InChI is InChI=1S/C20H20FN5O3S/c21-14-3-1-2-4-15(14)23-7-9-24(10-8-23)17(27)11-25-16-12-30-22-18(16)19(28)26(20(25)29)13-5-6-13/h1-4,12-13H,5-11H2. The molecule has 0 bridgehead atoms. The molecule has 0 unspecified atom stereocenters. The summed E-state index contributed by atoms with van der Waals surface area (Å²) in [5, 5.41) is 1.64. The highest BCUT2D eigenvalue weighted by Crippen LogP contribution is 2.32. The number of nitrogens with zero attached hydrogens (tertiary/aromatic N) is 5. The Balaban J connectivity index is 1.36. The number of piperazine rings is 1. The molecule has 1 saturated carbocycles. The Morgan fingerprint density at radius 2 is 1.87 bits per heavy atom. The van der Waals surface area contributed by atoms with Gasteiger partial charge in [-0.05, 0) is 36.5 Å². The molecule has 10 heteroatoms. The van der Waals surface area contributed by atoms with Gasteiger partial charge < -0.3 is 9.80 Å². The second kappa shape index (κ2) is 7.35. The highest BCUT2D eigenvalue weighted by atomic mass is 32.1. The number of anilines is 1. The minimum atomic E-state index is -0.450. The van der Waals surface area contributed by atoms with Gasteiger partial charge in [-0.15, -0.1) is 0 Å². The first-order chi connectivity index (χ1) is 14.5. The summed E-state index contributed by atoms with van der Waals surface area (Å²) in [6.07, 6.45) is 1.58. The molecule has 5 rings (SSSR count). The molecule has 8 nitrogen and oxygen atoms in total. The van der Waals surface area contributed by atoms with Crippen molar-refractivity contribution in [3.05, 3.63) is 56.3 Å². The van der Waals surface area contributed by atoms with Crippen LogP contribution in [-0.4, -0.2) is 50.5 Å². The van der Waals surface area contributed by atoms with Gasteiger partial charge in [-0.2, -0.15) is 4.37 Å². The third-order valence-corrected chi connectivity index (χ3v) is 6.35. The topological polar surface area (TPSA) is 80.4 Å². The zero-order chi connectivity index (χ0) is 20.8. The van der Waals surface area contributed by atoms with Crippen molar-refractivity contribution in [1.82, 2.24) is 18.4 Å². The minimum absolute atomic E-state index is 0.0956. The molecule has 0 spiro atoms. The van der Waals surface area contributed by atoms with Crippen LogP contribution in [0, 0.1) is 5.82 Å². The fourth-order valence-corrected chi connectivity index (χ4v) is 4.62. The number of fused-ring (bicyclic) bond motifs is 1. The van der Waals surface area contributed by atoms with Crippen LogP contribution >= 0.6 is 11.5 Å². The number of aromatic nitrogens is 3. The van der Waals surface area contributed by atoms with Crippen LogP contribution < -0.4 is 16.1 Å². The van der Waals surface area contributed by atoms with E-state index in [1.807, 2.05) is 4.90 Å². The predicted octanol–water partition coefficient (Wildman–Crippen LogP) is 1.44. The van der Waals surface area contributed by atoms with Crippen LogP contribution in [0.5, 0.6) is 0 Å². The molecule has 1 saturated heterocycles. The zero-order valence-corrected chi connectivity index (χ0v) is 17.0. The summed E-state index contributed by atoms with van der Waals surface area (Å²) >= 11 is 1.10. The van der Waals surface area contributed by atoms with E-state index < -0.39 is 5.69 Å². The van der Waals surface area contributed by atoms with Crippen LogP contribution in [0.2, 0.25) is 0 Å². The molecular formula is C20H20FN5O3S. The second-order valence-electron chi connectivity index (χ2n) is 7.64. The lowest BCUT2D eigenvalue weighted by Gasteiger charge is -2.36. The van der Waals surface area contributed by atoms with E-state index >= 15 is 0 Å². The lowest BCUT2D eigenvalue weighted by atomic mass is 10.2. The van der Waals surface area contributed by atoms with Gasteiger partial charge in [-0.1, -0.05) is 12.1 Å². The second-order valence-corrected chi connectivity index (χ2v) is 8.27. The Morgan fingerprint density at radius 1 is 1.13 bits per heavy atom. The van der Waals surface area contributed by atoms with Crippen molar-refractivity contribution in [2.45, 2.75) is 25.4 Å². The number of carbonyl (C=O) groups excluding carboxylic acids is 1. The molecular weight excluding hydrogens is 409 g/mol. The molecule has 0 radical (unpaired) electrons. The molecule has 2 fully saturated rings. The molecule has 1 aliphatic carbocycles. The summed E-state index contributed by atoms with van der Waals surface area (Å²) in [6.45, 7) is 1.77. The molecule has 156 valence electrons. The Bertz CT molecular complexity index is 1240. The zero-order valence-electron chi connectivity index (χ0n) is 16.2. The third-order valence-electron chi connectivity index (χ3n) is 5.73. The Hall–Kier alpha value is -3.01. The summed E-state index contributed by atoms with van der Waals surface area (Å²) in [5.74, 6) is -0.475. The highest BCUT2D eigenvalue weighted by molar-refractivity contribution is 7.04. The summed E-state index contributed by atoms with van der Waals surface area (Å²) < 4.78 is 20.8. The fraction of sp³-hybridized carbons (Fsp3) is 0.400. The van der Waals surface area contributed by atoms with Gasteiger partial charge in [0.05, 0.1) is 11.2 Å². The van der Waals surface area contributed by atoms with Crippen molar-refractivity contribution in [2.75, 3.05) is 31.1 Å². The fourth-order valence-electron chi connectivity index (χ4n) is 3.95. The number of para-hydroxylation sites is 1. The molecule has 1 amide bonds. The van der Waals surface area contributed by atoms with E-state index in [9.17, 15) is 18.8 Å². The van der Waals surface area contributed by atoms with Gasteiger partial charge in [0, 0.05) is 37.6 Å². The normalized spacial score (nSPS) is 17.0. The van der Waals surface area contributed by atoms with E-state index in [1.54, 1.807) is 28.5 Å². The average molecular weight is 429 g/mol. The maximum atomic E-state index is 14.0. The Kier molecular flexibility index (Phi) is 4.65. The van der Waals surface area contributed by atoms with Crippen LogP contribution in [0.15, 0.2) is 39.2 Å². The molecule has 1 aromatic carbocycles. The van der Waals surface area contributed by atoms with Crippen LogP contribution in [0.3, 0.4) is 0 Å². The first kappa shape index (κ1) is 19.0. The van der Waals surface area contributed by atoms with E-state index in [4.69, 9.17) is 0 Å². The summed E-state index contributed by atoms with van der Waals surface area (Å²) in [6, 6.07) is 6.50. The molecule has 30 heavy (non-hydrogen) atoms. The number of amides is 1. The van der Waals surface area contributed by atoms with Crippen molar-refractivity contribution in [3.8, 4) is 0 Å². The third kappa shape index (κ3) is 3.20. The number of hydrogen-bond acceptors (Lipinski definition) is 6. The SMILES string of the molecule is O=C(Cn1c(=O)n(C2CC2)c(=O)c2nscc21)N1CCN(c2ccccc2F)CC1. The van der Waals surface area contributed by atoms with Crippen molar-refractivity contribution in [3.63, 3.8) is 0 Å². The van der Waals surface area contributed by atoms with Crippen molar-refractivity contribution in [1.29, 1.82) is 0 Å². The highest BCUT2D eigenvalue weighted by Gasteiger charge is 2.30. The maximum absolute atomic E-state index is 14.0. The van der Waals surface area contributed by atoms with E-state index in [0.717, 1.165) is 24.4 Å². The number of carbonyl (C=O) groups is 1. The first-order valence-corrected chi connectivity index (χ1v) is 10.7. The minimum Gasteiger partial charge on any atom is -0.366 e. The summed E-state index contributed by atoms with van der Waals surface area (Å²) in [4.78, 5) is 42.1. The van der Waals surface area contributed by atoms with E-state index in [1.165, 1.54) is 15.2 Å². The predicted molar refractivity (Wildman–Crippen MR) is 112 cm³/mol. The van der Waals surface area contributed by atoms with Gasteiger partial charge in [-0.3, -0.25) is 18.7 Å². The number of rotatable bonds is 4. The smallest absolute Gasteiger partial charge is 0.332 e. The molecule has 0 N–H and O–H groups in total. The lowest BCUT2D eigenvalue weighted by molar-refractivity contribution is -0.132. The Labute approximate surface area is 174 Å². The van der Waals surface area contributed by atoms with E-state index in [2.05, 4.69) is 4.37 Å². The number of benzene rings is 1. The Morgan fingerprint density at radius 3 is 2.57 bits per heavy atom. The van der Waals surface area contributed by atoms with Crippen molar-refractivity contribution in [2.24, 2.45) is 0 Å². The van der Waals surface area contributed by atoms with Gasteiger partial charge in [0.2, 0.25) is 5.91 Å². The number of hydrogen-bond donors (Lipinski definition) is 0. The van der Waals surface area contributed by atoms with E-state index in [0.29, 0.717) is 37.4 Å². The molecule has 1 aliphatic heterocycles. The van der Waals surface area contributed by atoms with Crippen LogP contribution in [-0.2, 0) is 11.3 Å². The largest absolute Gasteiger partial charge is 0.366 e. The lowest BCUT2D eigenvalue weighted by Crippen LogP contribution is -2.51. The van der Waals surface area contributed by atoms with Gasteiger partial charge in [0.15, 0.2) is 5.52 Å². The number of halogens is 1. The monoisotopic (exact) mass is 429 g/mol. The van der Waals surface area contributed by atoms with Gasteiger partial charge in [0.1, 0.15) is 12.4 Å². The van der Waals surface area contributed by atoms with Crippen LogP contribution in [0.1, 0.15) is 18.9 Å². The maximum Gasteiger partial charge on any atom is 0.332 e. The van der Waals surface area contributed by atoms with Gasteiger partial charge >= 0.3 is 5.69 Å². The molecule has 3 heterocycles. The summed E-state index contributed by atoms with van der Waals surface area (Å²) in [7, 11) is 0. The quantitative estimate of drug-likeness (QED) is 0.627. The van der Waals surface area contributed by atoms with Crippen molar-refractivity contribution >= 4 is 34.2 Å². The summed E-state index contributed by atoms with van der Waals surface area (Å²) in [5.41, 5.74) is 0.354. The van der Waals surface area contributed by atoms with Gasteiger partial charge in [-0.25, -0.2) is 9.18 Å². The first-order valence-electron chi connectivity index (χ1n) is 9.91.